The molecule has 1 aliphatic heterocycles. The van der Waals surface area contributed by atoms with Gasteiger partial charge in [-0.1, -0.05) is 6.07 Å². The van der Waals surface area contributed by atoms with Crippen LogP contribution in [0.5, 0.6) is 5.75 Å². The average Bonchev–Trinajstić information content (AvgIpc) is 2.90. The number of hydrogen-bond donors (Lipinski definition) is 1. The molecular weight excluding hydrogens is 494 g/mol. The molecule has 1 N–H and O–H groups in total. The first-order valence-electron chi connectivity index (χ1n) is 12.8. The van der Waals surface area contributed by atoms with Crippen molar-refractivity contribution in [3.8, 4) is 5.75 Å². The van der Waals surface area contributed by atoms with Crippen LogP contribution in [0.4, 0.5) is 8.78 Å². The van der Waals surface area contributed by atoms with Gasteiger partial charge in [-0.2, -0.15) is 0 Å². The summed E-state index contributed by atoms with van der Waals surface area (Å²) in [4.78, 5) is 18.9. The number of carboxylic acids is 1. The number of thioether (sulfide) groups is 1. The topological polar surface area (TPSA) is 62.7 Å². The van der Waals surface area contributed by atoms with Crippen molar-refractivity contribution in [2.75, 3.05) is 32.5 Å². The molecule has 1 aliphatic rings. The number of aromatic nitrogens is 1. The largest absolute Gasteiger partial charge is 0.497 e. The molecule has 5 nitrogen and oxygen atoms in total. The zero-order valence-corrected chi connectivity index (χ0v) is 21.9. The molecule has 0 radical (unpaired) electrons. The minimum absolute atomic E-state index is 0.126. The van der Waals surface area contributed by atoms with Crippen molar-refractivity contribution in [1.29, 1.82) is 0 Å². The molecule has 3 aromatic rings. The second kappa shape index (κ2) is 13.2. The molecule has 3 atom stereocenters. The number of aliphatic carboxylic acids is 1. The normalized spacial score (nSPS) is 19.1. The van der Waals surface area contributed by atoms with Crippen molar-refractivity contribution in [2.24, 2.45) is 11.8 Å². The Labute approximate surface area is 221 Å². The van der Waals surface area contributed by atoms with Crippen LogP contribution in [-0.4, -0.2) is 53.5 Å². The van der Waals surface area contributed by atoms with Crippen LogP contribution in [0.3, 0.4) is 0 Å². The van der Waals surface area contributed by atoms with E-state index in [1.807, 2.05) is 24.3 Å². The number of alkyl halides is 1. The molecule has 0 amide bonds. The SMILES string of the molecule is COc1ccc2nccc(C(F)CC[C@@H]3CCN(CCSc4cccc(F)c4)C[C@@H]3CCC(=O)O)c2c1. The van der Waals surface area contributed by atoms with Gasteiger partial charge in [0.25, 0.3) is 0 Å². The molecule has 0 saturated carbocycles. The van der Waals surface area contributed by atoms with Gasteiger partial charge in [-0.15, -0.1) is 11.8 Å². The quantitative estimate of drug-likeness (QED) is 0.262. The number of piperidine rings is 1. The van der Waals surface area contributed by atoms with E-state index in [1.54, 1.807) is 43.3 Å². The van der Waals surface area contributed by atoms with E-state index in [9.17, 15) is 14.3 Å². The van der Waals surface area contributed by atoms with Crippen molar-refractivity contribution >= 4 is 28.6 Å². The molecule has 1 saturated heterocycles. The minimum Gasteiger partial charge on any atom is -0.497 e. The number of nitrogens with zero attached hydrogens (tertiary/aromatic N) is 2. The standard InChI is InChI=1S/C29H34F2N2O3S/c1-36-23-7-9-28-26(18-23)25(11-13-32-28)27(31)8-5-20-12-14-33(19-21(20)6-10-29(34)35)15-16-37-24-4-2-3-22(30)17-24/h2-4,7,9,11,13,17-18,20-21,27H,5-6,8,10,12,14-16,19H2,1H3,(H,34,35)/t20-,21+,27?/m1/s1. The Kier molecular flexibility index (Phi) is 9.75. The summed E-state index contributed by atoms with van der Waals surface area (Å²) in [6.45, 7) is 2.58. The van der Waals surface area contributed by atoms with E-state index in [-0.39, 0.29) is 24.1 Å². The molecule has 8 heteroatoms. The smallest absolute Gasteiger partial charge is 0.303 e. The zero-order chi connectivity index (χ0) is 26.2. The maximum Gasteiger partial charge on any atom is 0.303 e. The predicted molar refractivity (Wildman–Crippen MR) is 143 cm³/mol. The molecule has 1 fully saturated rings. The highest BCUT2D eigenvalue weighted by Gasteiger charge is 2.30. The van der Waals surface area contributed by atoms with Crippen molar-refractivity contribution in [3.63, 3.8) is 0 Å². The van der Waals surface area contributed by atoms with E-state index in [4.69, 9.17) is 4.74 Å². The fourth-order valence-corrected chi connectivity index (χ4v) is 6.24. The van der Waals surface area contributed by atoms with Crippen LogP contribution in [0.25, 0.3) is 10.9 Å². The van der Waals surface area contributed by atoms with Crippen LogP contribution in [0.15, 0.2) is 59.6 Å². The van der Waals surface area contributed by atoms with Gasteiger partial charge in [-0.25, -0.2) is 8.78 Å². The highest BCUT2D eigenvalue weighted by atomic mass is 32.2. The molecule has 4 rings (SSSR count). The third-order valence-electron chi connectivity index (χ3n) is 7.29. The van der Waals surface area contributed by atoms with Crippen molar-refractivity contribution in [2.45, 2.75) is 43.2 Å². The summed E-state index contributed by atoms with van der Waals surface area (Å²) in [5.74, 6) is 0.983. The number of benzene rings is 2. The van der Waals surface area contributed by atoms with Crippen molar-refractivity contribution in [3.05, 3.63) is 66.1 Å². The highest BCUT2D eigenvalue weighted by Crippen LogP contribution is 2.36. The number of carboxylic acid groups (broad SMARTS) is 1. The van der Waals surface area contributed by atoms with Gasteiger partial charge in [0, 0.05) is 41.7 Å². The summed E-state index contributed by atoms with van der Waals surface area (Å²) in [5.41, 5.74) is 1.36. The van der Waals surface area contributed by atoms with E-state index in [0.717, 1.165) is 47.6 Å². The number of halogens is 2. The maximum atomic E-state index is 15.5. The van der Waals surface area contributed by atoms with Crippen LogP contribution >= 0.6 is 11.8 Å². The fourth-order valence-electron chi connectivity index (χ4n) is 5.29. The van der Waals surface area contributed by atoms with Gasteiger partial charge in [-0.05, 0) is 92.1 Å². The number of hydrogen-bond acceptors (Lipinski definition) is 5. The lowest BCUT2D eigenvalue weighted by Crippen LogP contribution is -2.41. The third kappa shape index (κ3) is 7.65. The van der Waals surface area contributed by atoms with Gasteiger partial charge < -0.3 is 14.7 Å². The number of fused-ring (bicyclic) bond motifs is 1. The zero-order valence-electron chi connectivity index (χ0n) is 21.1. The van der Waals surface area contributed by atoms with Crippen LogP contribution in [0, 0.1) is 17.7 Å². The summed E-state index contributed by atoms with van der Waals surface area (Å²) in [6.07, 6.45) is 3.27. The van der Waals surface area contributed by atoms with E-state index >= 15 is 4.39 Å². The molecule has 0 aliphatic carbocycles. The molecular formula is C29H34F2N2O3S. The Morgan fingerprint density at radius 3 is 2.86 bits per heavy atom. The Bertz CT molecular complexity index is 1190. The van der Waals surface area contributed by atoms with Gasteiger partial charge in [0.1, 0.15) is 17.7 Å². The number of pyridine rings is 1. The van der Waals surface area contributed by atoms with Crippen LogP contribution in [0.2, 0.25) is 0 Å². The molecule has 2 aromatic carbocycles. The highest BCUT2D eigenvalue weighted by molar-refractivity contribution is 7.99. The van der Waals surface area contributed by atoms with Gasteiger partial charge in [0.2, 0.25) is 0 Å². The fraction of sp³-hybridized carbons (Fsp3) is 0.448. The maximum absolute atomic E-state index is 15.5. The number of methoxy groups -OCH3 is 1. The van der Waals surface area contributed by atoms with Gasteiger partial charge in [0.05, 0.1) is 12.6 Å². The van der Waals surface area contributed by atoms with Gasteiger partial charge in [-0.3, -0.25) is 9.78 Å². The minimum atomic E-state index is -1.13. The van der Waals surface area contributed by atoms with Gasteiger partial charge >= 0.3 is 5.97 Å². The van der Waals surface area contributed by atoms with Crippen LogP contribution in [-0.2, 0) is 4.79 Å². The molecule has 0 spiro atoms. The molecule has 37 heavy (non-hydrogen) atoms. The molecule has 1 unspecified atom stereocenters. The lowest BCUT2D eigenvalue weighted by atomic mass is 9.79. The number of likely N-dealkylation sites (tertiary alicyclic amines) is 1. The van der Waals surface area contributed by atoms with E-state index in [2.05, 4.69) is 9.88 Å². The molecule has 1 aromatic heterocycles. The molecule has 2 heterocycles. The summed E-state index contributed by atoms with van der Waals surface area (Å²) in [7, 11) is 1.59. The predicted octanol–water partition coefficient (Wildman–Crippen LogP) is 6.77. The first kappa shape index (κ1) is 27.3. The van der Waals surface area contributed by atoms with Crippen molar-refractivity contribution < 1.29 is 23.4 Å². The van der Waals surface area contributed by atoms with Gasteiger partial charge in [0.15, 0.2) is 0 Å². The van der Waals surface area contributed by atoms with Crippen LogP contribution < -0.4 is 4.74 Å². The average molecular weight is 529 g/mol. The first-order chi connectivity index (χ1) is 17.9. The van der Waals surface area contributed by atoms with E-state index in [0.29, 0.717) is 30.6 Å². The Morgan fingerprint density at radius 1 is 1.22 bits per heavy atom. The third-order valence-corrected chi connectivity index (χ3v) is 8.26. The summed E-state index contributed by atoms with van der Waals surface area (Å²) < 4.78 is 34.3. The molecule has 0 bridgehead atoms. The number of ether oxygens (including phenoxy) is 1. The Morgan fingerprint density at radius 2 is 2.08 bits per heavy atom. The van der Waals surface area contributed by atoms with E-state index in [1.165, 1.54) is 6.07 Å². The number of rotatable bonds is 12. The monoisotopic (exact) mass is 528 g/mol. The molecule has 198 valence electrons. The lowest BCUT2D eigenvalue weighted by Gasteiger charge is -2.39. The first-order valence-corrected chi connectivity index (χ1v) is 13.8. The van der Waals surface area contributed by atoms with Crippen molar-refractivity contribution in [1.82, 2.24) is 9.88 Å². The summed E-state index contributed by atoms with van der Waals surface area (Å²) >= 11 is 1.62. The summed E-state index contributed by atoms with van der Waals surface area (Å²) in [6, 6.07) is 13.9. The second-order valence-electron chi connectivity index (χ2n) is 9.68. The Balaban J connectivity index is 1.35. The summed E-state index contributed by atoms with van der Waals surface area (Å²) in [5, 5.41) is 10.0. The Hall–Kier alpha value is -2.71. The van der Waals surface area contributed by atoms with E-state index < -0.39 is 12.1 Å². The number of carbonyl (C=O) groups is 1. The second-order valence-corrected chi connectivity index (χ2v) is 10.8. The lowest BCUT2D eigenvalue weighted by molar-refractivity contribution is -0.137. The van der Waals surface area contributed by atoms with Crippen LogP contribution in [0.1, 0.15) is 43.8 Å².